The molecule has 0 spiro atoms. The van der Waals surface area contributed by atoms with E-state index in [2.05, 4.69) is 10.0 Å². The van der Waals surface area contributed by atoms with Gasteiger partial charge in [-0.3, -0.25) is 4.79 Å². The first-order valence-corrected chi connectivity index (χ1v) is 4.81. The van der Waals surface area contributed by atoms with Crippen LogP contribution < -0.4 is 0 Å². The molecule has 0 saturated carbocycles. The minimum absolute atomic E-state index is 0.707. The molecule has 4 N–H and O–H groups in total. The summed E-state index contributed by atoms with van der Waals surface area (Å²) in [5.41, 5.74) is 6.04. The zero-order valence-electron chi connectivity index (χ0n) is 8.96. The van der Waals surface area contributed by atoms with Crippen molar-refractivity contribution in [3.8, 4) is 0 Å². The number of nitrogens with zero attached hydrogens (tertiary/aromatic N) is 3. The molecule has 0 unspecified atom stereocenters. The van der Waals surface area contributed by atoms with Crippen LogP contribution >= 0.6 is 0 Å². The minimum atomic E-state index is -2.33. The second-order valence-corrected chi connectivity index (χ2v) is 3.71. The average Bonchev–Trinajstić information content (AvgIpc) is 2.30. The van der Waals surface area contributed by atoms with Crippen molar-refractivity contribution in [1.82, 2.24) is 0 Å². The van der Waals surface area contributed by atoms with Crippen LogP contribution in [0.4, 0.5) is 0 Å². The minimum Gasteiger partial charge on any atom is -0.394 e. The Bertz CT molecular complexity index is 351. The maximum atomic E-state index is 11.4. The number of Topliss-reactive ketones (excluding diaryl/α,β-unsaturated/α-hetero) is 1. The van der Waals surface area contributed by atoms with Gasteiger partial charge in [-0.25, -0.2) is 0 Å². The number of carbonyl (C=O) groups is 1. The van der Waals surface area contributed by atoms with E-state index in [1.54, 1.807) is 0 Å². The smallest absolute Gasteiger partial charge is 0.233 e. The van der Waals surface area contributed by atoms with Crippen LogP contribution in [-0.2, 0) is 9.53 Å². The van der Waals surface area contributed by atoms with Crippen LogP contribution in [-0.4, -0.2) is 63.0 Å². The molecular weight excluding hydrogens is 234 g/mol. The topological polar surface area (TPSA) is 156 Å². The van der Waals surface area contributed by atoms with Gasteiger partial charge in [-0.05, 0) is 17.6 Å². The van der Waals surface area contributed by atoms with Gasteiger partial charge in [-0.2, -0.15) is 0 Å². The summed E-state index contributed by atoms with van der Waals surface area (Å²) in [5.74, 6) is -0.841. The first kappa shape index (κ1) is 13.8. The van der Waals surface area contributed by atoms with Crippen molar-refractivity contribution in [2.45, 2.75) is 37.1 Å². The third-order valence-corrected chi connectivity index (χ3v) is 2.66. The molecule has 0 aromatic carbocycles. The van der Waals surface area contributed by atoms with E-state index in [9.17, 15) is 20.1 Å². The maximum absolute atomic E-state index is 11.4. The molecule has 1 saturated heterocycles. The third kappa shape index (κ3) is 2.12. The summed E-state index contributed by atoms with van der Waals surface area (Å²) in [4.78, 5) is 13.8. The van der Waals surface area contributed by atoms with E-state index in [-0.39, 0.29) is 0 Å². The van der Waals surface area contributed by atoms with E-state index in [0.29, 0.717) is 0 Å². The highest BCUT2D eigenvalue weighted by molar-refractivity contribution is 5.85. The summed E-state index contributed by atoms with van der Waals surface area (Å²) in [5, 5.41) is 40.6. The molecule has 1 aliphatic rings. The quantitative estimate of drug-likeness (QED) is 0.258. The van der Waals surface area contributed by atoms with Crippen molar-refractivity contribution in [3.63, 3.8) is 0 Å². The molecule has 1 fully saturated rings. The first-order valence-electron chi connectivity index (χ1n) is 4.81. The van der Waals surface area contributed by atoms with E-state index in [4.69, 9.17) is 15.4 Å². The molecule has 1 rings (SSSR count). The van der Waals surface area contributed by atoms with Gasteiger partial charge >= 0.3 is 0 Å². The number of carbonyl (C=O) groups excluding carboxylic acids is 1. The number of hydrogen-bond donors (Lipinski definition) is 4. The summed E-state index contributed by atoms with van der Waals surface area (Å²) in [6.07, 6.45) is -6.59. The maximum Gasteiger partial charge on any atom is 0.233 e. The Labute approximate surface area is 95.9 Å². The zero-order valence-corrected chi connectivity index (χ0v) is 8.96. The molecule has 0 aromatic heterocycles. The Kier molecular flexibility index (Phi) is 4.04. The lowest BCUT2D eigenvalue weighted by Crippen LogP contribution is -2.66. The molecule has 1 aliphatic heterocycles. The first-order chi connectivity index (χ1) is 7.90. The standard InChI is InChI=1S/C8H13N3O6/c1-3(13)8(10-11-9)7(16)6(15)5(14)4(2-12)17-8/h4-7,12,14-16H,2H2,1H3/t4-,5+,6+,7-,8+/m1/s1. The van der Waals surface area contributed by atoms with Crippen LogP contribution in [0.5, 0.6) is 0 Å². The molecule has 0 bridgehead atoms. The van der Waals surface area contributed by atoms with Crippen molar-refractivity contribution < 1.29 is 30.0 Å². The zero-order chi connectivity index (χ0) is 13.2. The van der Waals surface area contributed by atoms with Gasteiger partial charge in [-0.15, -0.1) is 0 Å². The Morgan fingerprint density at radius 1 is 1.47 bits per heavy atom. The fourth-order valence-electron chi connectivity index (χ4n) is 1.66. The summed E-state index contributed by atoms with van der Waals surface area (Å²) in [7, 11) is 0. The fourth-order valence-corrected chi connectivity index (χ4v) is 1.66. The number of ketones is 1. The van der Waals surface area contributed by atoms with Crippen LogP contribution in [0.1, 0.15) is 6.92 Å². The summed E-state index contributed by atoms with van der Waals surface area (Å²) >= 11 is 0. The van der Waals surface area contributed by atoms with E-state index in [0.717, 1.165) is 6.92 Å². The summed E-state index contributed by atoms with van der Waals surface area (Å²) in [6, 6.07) is 0. The van der Waals surface area contributed by atoms with E-state index >= 15 is 0 Å². The van der Waals surface area contributed by atoms with Gasteiger partial charge in [-0.1, -0.05) is 0 Å². The fraction of sp³-hybridized carbons (Fsp3) is 0.875. The van der Waals surface area contributed by atoms with Crippen molar-refractivity contribution in [3.05, 3.63) is 10.4 Å². The van der Waals surface area contributed by atoms with Crippen LogP contribution in [0.2, 0.25) is 0 Å². The molecule has 9 heteroatoms. The van der Waals surface area contributed by atoms with E-state index < -0.39 is 42.5 Å². The summed E-state index contributed by atoms with van der Waals surface area (Å²) in [6.45, 7) is 0.289. The highest BCUT2D eigenvalue weighted by Crippen LogP contribution is 2.32. The Morgan fingerprint density at radius 2 is 2.06 bits per heavy atom. The molecule has 17 heavy (non-hydrogen) atoms. The average molecular weight is 247 g/mol. The molecule has 1 heterocycles. The second kappa shape index (κ2) is 4.96. The lowest BCUT2D eigenvalue weighted by Gasteiger charge is -2.44. The van der Waals surface area contributed by atoms with Gasteiger partial charge in [0.25, 0.3) is 0 Å². The number of aliphatic hydroxyl groups excluding tert-OH is 4. The SMILES string of the molecule is CC(=O)[C@]1(N=[N+]=[N-])O[C@H](CO)[C@H](O)[C@H](O)[C@H]1O. The molecule has 96 valence electrons. The second-order valence-electron chi connectivity index (χ2n) is 3.71. The van der Waals surface area contributed by atoms with Crippen LogP contribution in [0.15, 0.2) is 5.11 Å². The lowest BCUT2D eigenvalue weighted by atomic mass is 9.89. The molecule has 0 aromatic rings. The highest BCUT2D eigenvalue weighted by atomic mass is 16.6. The summed E-state index contributed by atoms with van der Waals surface area (Å²) < 4.78 is 4.94. The molecule has 0 radical (unpaired) electrons. The van der Waals surface area contributed by atoms with Crippen LogP contribution in [0.25, 0.3) is 10.4 Å². The van der Waals surface area contributed by atoms with E-state index in [1.165, 1.54) is 0 Å². The molecule has 9 nitrogen and oxygen atoms in total. The molecular formula is C8H13N3O6. The number of azide groups is 1. The van der Waals surface area contributed by atoms with E-state index in [1.807, 2.05) is 0 Å². The molecule has 0 aliphatic carbocycles. The van der Waals surface area contributed by atoms with Crippen molar-refractivity contribution >= 4 is 5.78 Å². The lowest BCUT2D eigenvalue weighted by molar-refractivity contribution is -0.262. The van der Waals surface area contributed by atoms with Gasteiger partial charge in [0.2, 0.25) is 5.72 Å². The highest BCUT2D eigenvalue weighted by Gasteiger charge is 2.56. The largest absolute Gasteiger partial charge is 0.394 e. The Morgan fingerprint density at radius 3 is 2.47 bits per heavy atom. The van der Waals surface area contributed by atoms with Crippen molar-refractivity contribution in [2.24, 2.45) is 5.11 Å². The van der Waals surface area contributed by atoms with Crippen molar-refractivity contribution in [1.29, 1.82) is 0 Å². The molecule has 5 atom stereocenters. The number of aliphatic hydroxyl groups is 4. The van der Waals surface area contributed by atoms with Gasteiger partial charge in [0, 0.05) is 4.91 Å². The van der Waals surface area contributed by atoms with Crippen molar-refractivity contribution in [2.75, 3.05) is 6.61 Å². The van der Waals surface area contributed by atoms with Crippen LogP contribution in [0, 0.1) is 0 Å². The van der Waals surface area contributed by atoms with Crippen LogP contribution in [0.3, 0.4) is 0 Å². The normalized spacial score (nSPS) is 41.7. The van der Waals surface area contributed by atoms with Gasteiger partial charge in [0.05, 0.1) is 6.61 Å². The third-order valence-electron chi connectivity index (χ3n) is 2.66. The predicted octanol–water partition coefficient (Wildman–Crippen LogP) is -1.94. The number of rotatable bonds is 3. The predicted molar refractivity (Wildman–Crippen MR) is 52.5 cm³/mol. The van der Waals surface area contributed by atoms with Gasteiger partial charge in [0.1, 0.15) is 24.4 Å². The Hall–Kier alpha value is -1.22. The van der Waals surface area contributed by atoms with Gasteiger partial charge in [0.15, 0.2) is 5.78 Å². The van der Waals surface area contributed by atoms with Gasteiger partial charge < -0.3 is 25.2 Å². The molecule has 0 amide bonds. The Balaban J connectivity index is 3.20. The number of ether oxygens (including phenoxy) is 1. The number of hydrogen-bond acceptors (Lipinski definition) is 7. The monoisotopic (exact) mass is 247 g/mol.